The van der Waals surface area contributed by atoms with Crippen LogP contribution < -0.4 is 15.2 Å². The van der Waals surface area contributed by atoms with E-state index in [4.69, 9.17) is 4.74 Å². The summed E-state index contributed by atoms with van der Waals surface area (Å²) in [6.07, 6.45) is 3.54. The lowest BCUT2D eigenvalue weighted by Crippen LogP contribution is -2.39. The van der Waals surface area contributed by atoms with Gasteiger partial charge in [0.15, 0.2) is 5.75 Å². The van der Waals surface area contributed by atoms with Gasteiger partial charge in [-0.25, -0.2) is 0 Å². The summed E-state index contributed by atoms with van der Waals surface area (Å²) in [6, 6.07) is 11.2. The molecule has 2 aromatic rings. The van der Waals surface area contributed by atoms with Crippen LogP contribution in [0.1, 0.15) is 12.0 Å². The predicted octanol–water partition coefficient (Wildman–Crippen LogP) is 1.84. The molecule has 0 atom stereocenters. The van der Waals surface area contributed by atoms with Crippen LogP contribution in [-0.4, -0.2) is 24.1 Å². The predicted molar refractivity (Wildman–Crippen MR) is 84.4 cm³/mol. The van der Waals surface area contributed by atoms with Crippen LogP contribution in [0, 0.1) is 0 Å². The van der Waals surface area contributed by atoms with Crippen LogP contribution in [0.2, 0.25) is 0 Å². The van der Waals surface area contributed by atoms with E-state index in [1.54, 1.807) is 23.2 Å². The molecule has 1 amide bonds. The number of anilines is 1. The maximum absolute atomic E-state index is 12.6. The zero-order chi connectivity index (χ0) is 15.5. The average molecular weight is 298 g/mol. The van der Waals surface area contributed by atoms with Gasteiger partial charge in [-0.1, -0.05) is 18.2 Å². The molecule has 5 nitrogen and oxygen atoms in total. The summed E-state index contributed by atoms with van der Waals surface area (Å²) in [6.45, 7) is 0.707. The van der Waals surface area contributed by atoms with Gasteiger partial charge in [0.05, 0.1) is 7.11 Å². The van der Waals surface area contributed by atoms with Gasteiger partial charge in [-0.15, -0.1) is 0 Å². The van der Waals surface area contributed by atoms with Crippen molar-refractivity contribution in [3.63, 3.8) is 0 Å². The first-order valence-corrected chi connectivity index (χ1v) is 7.32. The summed E-state index contributed by atoms with van der Waals surface area (Å²) in [4.78, 5) is 26.5. The smallest absolute Gasteiger partial charge is 0.293 e. The van der Waals surface area contributed by atoms with E-state index in [1.807, 2.05) is 24.3 Å². The van der Waals surface area contributed by atoms with Crippen molar-refractivity contribution < 1.29 is 9.53 Å². The number of carbonyl (C=O) groups excluding carboxylic acids is 1. The van der Waals surface area contributed by atoms with Crippen LogP contribution in [0.3, 0.4) is 0 Å². The molecule has 0 bridgehead atoms. The molecule has 0 N–H and O–H groups in total. The number of pyridine rings is 1. The van der Waals surface area contributed by atoms with Gasteiger partial charge in [0.2, 0.25) is 5.91 Å². The number of aromatic nitrogens is 1. The molecule has 5 heteroatoms. The van der Waals surface area contributed by atoms with Crippen LogP contribution in [-0.2, 0) is 17.8 Å². The molecule has 114 valence electrons. The molecule has 2 heterocycles. The molecule has 0 fully saturated rings. The standard InChI is InChI=1S/C17H18N2O3/c1-22-15-9-5-10-18(17(15)21)12-16(20)19-11-4-7-13-6-2-3-8-14(13)19/h2-3,5-6,8-10H,4,7,11-12H2,1H3. The normalized spacial score (nSPS) is 13.6. The third kappa shape index (κ3) is 2.62. The molecular weight excluding hydrogens is 280 g/mol. The first kappa shape index (κ1) is 14.4. The van der Waals surface area contributed by atoms with Gasteiger partial charge >= 0.3 is 0 Å². The molecule has 0 aliphatic carbocycles. The third-order valence-electron chi connectivity index (χ3n) is 3.92. The molecule has 1 aromatic carbocycles. The van der Waals surface area contributed by atoms with Crippen molar-refractivity contribution in [2.75, 3.05) is 18.6 Å². The quantitative estimate of drug-likeness (QED) is 0.869. The van der Waals surface area contributed by atoms with Crippen molar-refractivity contribution in [3.05, 3.63) is 58.5 Å². The second kappa shape index (κ2) is 6.05. The van der Waals surface area contributed by atoms with Gasteiger partial charge in [-0.05, 0) is 36.6 Å². The summed E-state index contributed by atoms with van der Waals surface area (Å²) in [5, 5.41) is 0. The van der Waals surface area contributed by atoms with E-state index in [1.165, 1.54) is 17.2 Å². The molecule has 0 saturated carbocycles. The third-order valence-corrected chi connectivity index (χ3v) is 3.92. The number of fused-ring (bicyclic) bond motifs is 1. The molecule has 22 heavy (non-hydrogen) atoms. The van der Waals surface area contributed by atoms with E-state index in [9.17, 15) is 9.59 Å². The number of hydrogen-bond acceptors (Lipinski definition) is 3. The van der Waals surface area contributed by atoms with E-state index in [-0.39, 0.29) is 23.8 Å². The monoisotopic (exact) mass is 298 g/mol. The SMILES string of the molecule is COc1cccn(CC(=O)N2CCCc3ccccc32)c1=O. The van der Waals surface area contributed by atoms with Gasteiger partial charge in [0.25, 0.3) is 5.56 Å². The maximum atomic E-state index is 12.6. The van der Waals surface area contributed by atoms with Crippen LogP contribution in [0.5, 0.6) is 5.75 Å². The van der Waals surface area contributed by atoms with Gasteiger partial charge in [-0.2, -0.15) is 0 Å². The van der Waals surface area contributed by atoms with Crippen LogP contribution in [0.25, 0.3) is 0 Å². The molecule has 0 saturated heterocycles. The highest BCUT2D eigenvalue weighted by atomic mass is 16.5. The number of carbonyl (C=O) groups is 1. The first-order valence-electron chi connectivity index (χ1n) is 7.32. The Labute approximate surface area is 128 Å². The first-order chi connectivity index (χ1) is 10.7. The van der Waals surface area contributed by atoms with Crippen molar-refractivity contribution >= 4 is 11.6 Å². The Morgan fingerprint density at radius 3 is 2.86 bits per heavy atom. The number of para-hydroxylation sites is 1. The van der Waals surface area contributed by atoms with Crippen LogP contribution in [0.15, 0.2) is 47.4 Å². The topological polar surface area (TPSA) is 51.5 Å². The van der Waals surface area contributed by atoms with Gasteiger partial charge in [0, 0.05) is 18.4 Å². The fourth-order valence-electron chi connectivity index (χ4n) is 2.82. The summed E-state index contributed by atoms with van der Waals surface area (Å²) < 4.78 is 6.40. The Balaban J connectivity index is 1.86. The number of ether oxygens (including phenoxy) is 1. The lowest BCUT2D eigenvalue weighted by molar-refractivity contribution is -0.119. The Kier molecular flexibility index (Phi) is 3.96. The van der Waals surface area contributed by atoms with E-state index in [0.717, 1.165) is 18.5 Å². The molecule has 1 aliphatic rings. The Bertz CT molecular complexity index is 752. The van der Waals surface area contributed by atoms with E-state index < -0.39 is 0 Å². The fraction of sp³-hybridized carbons (Fsp3) is 0.294. The number of benzene rings is 1. The minimum absolute atomic E-state index is 0.0182. The highest BCUT2D eigenvalue weighted by molar-refractivity contribution is 5.94. The number of rotatable bonds is 3. The summed E-state index contributed by atoms with van der Waals surface area (Å²) >= 11 is 0. The summed E-state index contributed by atoms with van der Waals surface area (Å²) in [5.74, 6) is 0.164. The molecule has 3 rings (SSSR count). The number of aryl methyl sites for hydroxylation is 1. The molecule has 1 aromatic heterocycles. The number of amides is 1. The average Bonchev–Trinajstić information content (AvgIpc) is 2.56. The molecule has 0 radical (unpaired) electrons. The van der Waals surface area contributed by atoms with E-state index >= 15 is 0 Å². The number of nitrogens with zero attached hydrogens (tertiary/aromatic N) is 2. The highest BCUT2D eigenvalue weighted by Gasteiger charge is 2.22. The van der Waals surface area contributed by atoms with Crippen molar-refractivity contribution in [1.82, 2.24) is 4.57 Å². The van der Waals surface area contributed by atoms with Gasteiger partial charge in [-0.3, -0.25) is 9.59 Å². The second-order valence-corrected chi connectivity index (χ2v) is 5.29. The minimum Gasteiger partial charge on any atom is -0.491 e. The largest absolute Gasteiger partial charge is 0.491 e. The molecule has 0 spiro atoms. The van der Waals surface area contributed by atoms with Gasteiger partial charge < -0.3 is 14.2 Å². The summed E-state index contributed by atoms with van der Waals surface area (Å²) in [5.41, 5.74) is 1.85. The van der Waals surface area contributed by atoms with Crippen molar-refractivity contribution in [1.29, 1.82) is 0 Å². The van der Waals surface area contributed by atoms with Crippen LogP contribution >= 0.6 is 0 Å². The minimum atomic E-state index is -0.288. The Morgan fingerprint density at radius 1 is 1.23 bits per heavy atom. The number of hydrogen-bond donors (Lipinski definition) is 0. The Morgan fingerprint density at radius 2 is 2.05 bits per heavy atom. The van der Waals surface area contributed by atoms with E-state index in [2.05, 4.69) is 0 Å². The molecule has 1 aliphatic heterocycles. The Hall–Kier alpha value is -2.56. The second-order valence-electron chi connectivity index (χ2n) is 5.29. The summed E-state index contributed by atoms with van der Waals surface area (Å²) in [7, 11) is 1.45. The highest BCUT2D eigenvalue weighted by Crippen LogP contribution is 2.26. The fourth-order valence-corrected chi connectivity index (χ4v) is 2.82. The number of methoxy groups -OCH3 is 1. The van der Waals surface area contributed by atoms with Crippen LogP contribution in [0.4, 0.5) is 5.69 Å². The molecular formula is C17H18N2O3. The van der Waals surface area contributed by atoms with Crippen molar-refractivity contribution in [2.24, 2.45) is 0 Å². The molecule has 0 unspecified atom stereocenters. The van der Waals surface area contributed by atoms with Crippen molar-refractivity contribution in [3.8, 4) is 5.75 Å². The lowest BCUT2D eigenvalue weighted by Gasteiger charge is -2.29. The zero-order valence-electron chi connectivity index (χ0n) is 12.5. The maximum Gasteiger partial charge on any atom is 0.293 e. The lowest BCUT2D eigenvalue weighted by atomic mass is 10.0. The zero-order valence-corrected chi connectivity index (χ0v) is 12.5. The van der Waals surface area contributed by atoms with Gasteiger partial charge in [0.1, 0.15) is 6.54 Å². The van der Waals surface area contributed by atoms with E-state index in [0.29, 0.717) is 6.54 Å². The van der Waals surface area contributed by atoms with Crippen molar-refractivity contribution in [2.45, 2.75) is 19.4 Å².